The number of amides is 2. The molecular formula is C23H22F2N2O6. The SMILES string of the molecule is CCOC(=O)C1=C(C)N(Cc2ccc(C(=O)O)cc2)C(=O)N[C@H]1c1ccccc1OC(F)F. The third-order valence-corrected chi connectivity index (χ3v) is 5.08. The Balaban J connectivity index is 2.03. The first-order chi connectivity index (χ1) is 15.7. The number of hydrogen-bond acceptors (Lipinski definition) is 5. The monoisotopic (exact) mass is 460 g/mol. The Morgan fingerprint density at radius 2 is 1.82 bits per heavy atom. The second kappa shape index (κ2) is 10.1. The van der Waals surface area contributed by atoms with Gasteiger partial charge in [0.1, 0.15) is 5.75 Å². The molecule has 0 saturated carbocycles. The van der Waals surface area contributed by atoms with Crippen LogP contribution in [0.1, 0.15) is 41.4 Å². The Bertz CT molecular complexity index is 1080. The van der Waals surface area contributed by atoms with Gasteiger partial charge in [0.15, 0.2) is 0 Å². The molecule has 1 atom stereocenters. The van der Waals surface area contributed by atoms with Gasteiger partial charge in [0, 0.05) is 11.3 Å². The molecule has 0 aliphatic carbocycles. The highest BCUT2D eigenvalue weighted by atomic mass is 19.3. The van der Waals surface area contributed by atoms with Crippen molar-refractivity contribution in [1.29, 1.82) is 0 Å². The van der Waals surface area contributed by atoms with Crippen LogP contribution in [-0.4, -0.2) is 41.2 Å². The first-order valence-electron chi connectivity index (χ1n) is 10.0. The minimum absolute atomic E-state index is 0.0440. The van der Waals surface area contributed by atoms with Crippen LogP contribution in [0.3, 0.4) is 0 Å². The number of nitrogens with one attached hydrogen (secondary N) is 1. The fourth-order valence-corrected chi connectivity index (χ4v) is 3.54. The van der Waals surface area contributed by atoms with Crippen molar-refractivity contribution < 1.29 is 37.7 Å². The number of benzene rings is 2. The molecule has 10 heteroatoms. The molecular weight excluding hydrogens is 438 g/mol. The second-order valence-electron chi connectivity index (χ2n) is 7.11. The zero-order valence-corrected chi connectivity index (χ0v) is 17.9. The molecule has 0 aromatic heterocycles. The minimum Gasteiger partial charge on any atom is -0.478 e. The van der Waals surface area contributed by atoms with Gasteiger partial charge < -0.3 is 19.9 Å². The van der Waals surface area contributed by atoms with Gasteiger partial charge in [0.25, 0.3) is 0 Å². The number of urea groups is 1. The average Bonchev–Trinajstić information content (AvgIpc) is 2.76. The molecule has 174 valence electrons. The van der Waals surface area contributed by atoms with Crippen LogP contribution in [0.15, 0.2) is 59.8 Å². The van der Waals surface area contributed by atoms with E-state index in [1.165, 1.54) is 35.2 Å². The summed E-state index contributed by atoms with van der Waals surface area (Å²) in [7, 11) is 0. The number of carboxylic acid groups (broad SMARTS) is 1. The molecule has 2 aromatic rings. The lowest BCUT2D eigenvalue weighted by Crippen LogP contribution is -2.47. The molecule has 3 rings (SSSR count). The summed E-state index contributed by atoms with van der Waals surface area (Å²) in [5, 5.41) is 11.7. The minimum atomic E-state index is -3.09. The maximum atomic E-state index is 13.0. The van der Waals surface area contributed by atoms with Crippen molar-refractivity contribution >= 4 is 18.0 Å². The topological polar surface area (TPSA) is 105 Å². The van der Waals surface area contributed by atoms with Crippen LogP contribution in [0.2, 0.25) is 0 Å². The third kappa shape index (κ3) is 5.28. The average molecular weight is 460 g/mol. The first kappa shape index (κ1) is 23.7. The Kier molecular flexibility index (Phi) is 7.27. The number of carbonyl (C=O) groups excluding carboxylic acids is 2. The lowest BCUT2D eigenvalue weighted by Gasteiger charge is -2.35. The zero-order chi connectivity index (χ0) is 24.1. The van der Waals surface area contributed by atoms with Crippen LogP contribution in [0.25, 0.3) is 0 Å². The van der Waals surface area contributed by atoms with Gasteiger partial charge in [-0.15, -0.1) is 0 Å². The predicted octanol–water partition coefficient (Wildman–Crippen LogP) is 4.09. The number of hydrogen-bond donors (Lipinski definition) is 2. The molecule has 0 bridgehead atoms. The molecule has 0 spiro atoms. The number of esters is 1. The normalized spacial score (nSPS) is 16.0. The number of halogens is 2. The number of carbonyl (C=O) groups is 3. The summed E-state index contributed by atoms with van der Waals surface area (Å²) >= 11 is 0. The smallest absolute Gasteiger partial charge is 0.387 e. The molecule has 2 aromatic carbocycles. The fourth-order valence-electron chi connectivity index (χ4n) is 3.54. The van der Waals surface area contributed by atoms with Crippen molar-refractivity contribution in [2.24, 2.45) is 0 Å². The van der Waals surface area contributed by atoms with Crippen LogP contribution >= 0.6 is 0 Å². The molecule has 0 radical (unpaired) electrons. The number of nitrogens with zero attached hydrogens (tertiary/aromatic N) is 1. The Morgan fingerprint density at radius 1 is 1.15 bits per heavy atom. The summed E-state index contributed by atoms with van der Waals surface area (Å²) in [4.78, 5) is 38.2. The summed E-state index contributed by atoms with van der Waals surface area (Å²) in [5.41, 5.74) is 1.24. The Morgan fingerprint density at radius 3 is 2.42 bits per heavy atom. The molecule has 0 unspecified atom stereocenters. The van der Waals surface area contributed by atoms with E-state index in [-0.39, 0.29) is 41.3 Å². The molecule has 0 fully saturated rings. The van der Waals surface area contributed by atoms with Gasteiger partial charge in [-0.25, -0.2) is 14.4 Å². The highest BCUT2D eigenvalue weighted by Crippen LogP contribution is 2.36. The van der Waals surface area contributed by atoms with Gasteiger partial charge in [-0.3, -0.25) is 4.90 Å². The van der Waals surface area contributed by atoms with E-state index < -0.39 is 30.6 Å². The number of ether oxygens (including phenoxy) is 2. The molecule has 2 N–H and O–H groups in total. The summed E-state index contributed by atoms with van der Waals surface area (Å²) in [6.45, 7) is 0.205. The Hall–Kier alpha value is -3.95. The number of carboxylic acids is 1. The summed E-state index contributed by atoms with van der Waals surface area (Å²) in [6, 6.07) is 10.2. The van der Waals surface area contributed by atoms with E-state index in [0.29, 0.717) is 5.56 Å². The molecule has 1 aliphatic rings. The Labute approximate surface area is 188 Å². The van der Waals surface area contributed by atoms with Crippen LogP contribution in [0.5, 0.6) is 5.75 Å². The van der Waals surface area contributed by atoms with Gasteiger partial charge >= 0.3 is 24.6 Å². The summed E-state index contributed by atoms with van der Waals surface area (Å²) in [5.74, 6) is -1.96. The van der Waals surface area contributed by atoms with E-state index >= 15 is 0 Å². The predicted molar refractivity (Wildman–Crippen MR) is 113 cm³/mol. The zero-order valence-electron chi connectivity index (χ0n) is 17.9. The molecule has 2 amide bonds. The summed E-state index contributed by atoms with van der Waals surface area (Å²) in [6.07, 6.45) is 0. The highest BCUT2D eigenvalue weighted by Gasteiger charge is 2.38. The van der Waals surface area contributed by atoms with Gasteiger partial charge in [0.05, 0.1) is 30.3 Å². The molecule has 0 saturated heterocycles. The van der Waals surface area contributed by atoms with Crippen molar-refractivity contribution in [1.82, 2.24) is 10.2 Å². The van der Waals surface area contributed by atoms with E-state index in [1.807, 2.05) is 0 Å². The third-order valence-electron chi connectivity index (χ3n) is 5.08. The van der Waals surface area contributed by atoms with Gasteiger partial charge in [-0.05, 0) is 37.6 Å². The highest BCUT2D eigenvalue weighted by molar-refractivity contribution is 5.95. The molecule has 8 nitrogen and oxygen atoms in total. The molecule has 1 aliphatic heterocycles. The van der Waals surface area contributed by atoms with Crippen molar-refractivity contribution in [2.45, 2.75) is 33.0 Å². The standard InChI is InChI=1S/C23H22F2N2O6/c1-3-32-21(30)18-13(2)27(12-14-8-10-15(11-9-14)20(28)29)23(31)26-19(18)16-6-4-5-7-17(16)33-22(24)25/h4-11,19,22H,3,12H2,1-2H3,(H,26,31)(H,28,29)/t19-/m0/s1. The fraction of sp³-hybridized carbons (Fsp3) is 0.261. The molecule has 33 heavy (non-hydrogen) atoms. The van der Waals surface area contributed by atoms with Gasteiger partial charge in [-0.2, -0.15) is 8.78 Å². The lowest BCUT2D eigenvalue weighted by molar-refractivity contribution is -0.139. The van der Waals surface area contributed by atoms with Crippen molar-refractivity contribution in [3.05, 3.63) is 76.5 Å². The van der Waals surface area contributed by atoms with Crippen LogP contribution < -0.4 is 10.1 Å². The maximum Gasteiger partial charge on any atom is 0.387 e. The van der Waals surface area contributed by atoms with E-state index in [1.54, 1.807) is 32.0 Å². The van der Waals surface area contributed by atoms with Crippen LogP contribution in [-0.2, 0) is 16.1 Å². The van der Waals surface area contributed by atoms with Gasteiger partial charge in [-0.1, -0.05) is 30.3 Å². The maximum absolute atomic E-state index is 13.0. The van der Waals surface area contributed by atoms with Crippen LogP contribution in [0.4, 0.5) is 13.6 Å². The number of aromatic carboxylic acids is 1. The quantitative estimate of drug-likeness (QED) is 0.575. The number of para-hydroxylation sites is 1. The van der Waals surface area contributed by atoms with E-state index in [0.717, 1.165) is 0 Å². The number of alkyl halides is 2. The van der Waals surface area contributed by atoms with E-state index in [9.17, 15) is 23.2 Å². The van der Waals surface area contributed by atoms with Crippen LogP contribution in [0, 0.1) is 0 Å². The number of allylic oxidation sites excluding steroid dienone is 1. The largest absolute Gasteiger partial charge is 0.478 e. The van der Waals surface area contributed by atoms with Gasteiger partial charge in [0.2, 0.25) is 0 Å². The van der Waals surface area contributed by atoms with E-state index in [2.05, 4.69) is 10.1 Å². The first-order valence-corrected chi connectivity index (χ1v) is 10.0. The second-order valence-corrected chi connectivity index (χ2v) is 7.11. The van der Waals surface area contributed by atoms with Crippen molar-refractivity contribution in [2.75, 3.05) is 6.61 Å². The number of rotatable bonds is 8. The lowest BCUT2D eigenvalue weighted by atomic mass is 9.94. The summed E-state index contributed by atoms with van der Waals surface area (Å²) < 4.78 is 35.6. The molecule has 1 heterocycles. The van der Waals surface area contributed by atoms with Crippen molar-refractivity contribution in [3.8, 4) is 5.75 Å². The van der Waals surface area contributed by atoms with Crippen molar-refractivity contribution in [3.63, 3.8) is 0 Å². The van der Waals surface area contributed by atoms with E-state index in [4.69, 9.17) is 9.84 Å².